The first kappa shape index (κ1) is 19.2. The zero-order valence-corrected chi connectivity index (χ0v) is 16.6. The molecule has 3 rings (SSSR count). The highest BCUT2D eigenvalue weighted by atomic mass is 16.5. The van der Waals surface area contributed by atoms with E-state index in [-0.39, 0.29) is 5.54 Å². The van der Waals surface area contributed by atoms with Crippen LogP contribution >= 0.6 is 0 Å². The molecule has 26 heavy (non-hydrogen) atoms. The van der Waals surface area contributed by atoms with Crippen molar-refractivity contribution in [3.05, 3.63) is 18.0 Å². The lowest BCUT2D eigenvalue weighted by Gasteiger charge is -2.44. The summed E-state index contributed by atoms with van der Waals surface area (Å²) in [6.45, 7) is 5.86. The van der Waals surface area contributed by atoms with Crippen LogP contribution in [0.25, 0.3) is 0 Å². The number of hydrogen-bond donors (Lipinski definition) is 1. The number of nitrogens with zero attached hydrogens (tertiary/aromatic N) is 5. The molecule has 0 bridgehead atoms. The molecule has 7 nitrogen and oxygen atoms in total. The van der Waals surface area contributed by atoms with E-state index in [0.717, 1.165) is 50.9 Å². The number of aromatic nitrogens is 1. The average molecular weight is 363 g/mol. The molecular formula is C19H34N6O. The smallest absolute Gasteiger partial charge is 0.193 e. The van der Waals surface area contributed by atoms with Crippen LogP contribution in [0.15, 0.2) is 21.8 Å². The van der Waals surface area contributed by atoms with Gasteiger partial charge in [-0.05, 0) is 26.9 Å². The van der Waals surface area contributed by atoms with E-state index in [1.54, 1.807) is 6.26 Å². The van der Waals surface area contributed by atoms with E-state index in [0.29, 0.717) is 0 Å². The van der Waals surface area contributed by atoms with Crippen molar-refractivity contribution in [2.75, 3.05) is 53.9 Å². The molecule has 2 fully saturated rings. The van der Waals surface area contributed by atoms with Crippen LogP contribution in [0.3, 0.4) is 0 Å². The number of nitrogens with one attached hydrogen (secondary N) is 1. The van der Waals surface area contributed by atoms with Gasteiger partial charge >= 0.3 is 0 Å². The third-order valence-electron chi connectivity index (χ3n) is 6.07. The van der Waals surface area contributed by atoms with Crippen LogP contribution in [0.4, 0.5) is 0 Å². The maximum atomic E-state index is 4.93. The molecule has 0 aromatic carbocycles. The lowest BCUT2D eigenvalue weighted by molar-refractivity contribution is 0.102. The predicted molar refractivity (Wildman–Crippen MR) is 104 cm³/mol. The van der Waals surface area contributed by atoms with Crippen molar-refractivity contribution >= 4 is 5.96 Å². The fourth-order valence-electron chi connectivity index (χ4n) is 4.23. The van der Waals surface area contributed by atoms with Crippen molar-refractivity contribution in [3.8, 4) is 0 Å². The van der Waals surface area contributed by atoms with Gasteiger partial charge in [0.1, 0.15) is 6.26 Å². The summed E-state index contributed by atoms with van der Waals surface area (Å²) in [7, 11) is 6.34. The van der Waals surface area contributed by atoms with Crippen molar-refractivity contribution in [1.82, 2.24) is 25.2 Å². The lowest BCUT2D eigenvalue weighted by atomic mass is 9.80. The van der Waals surface area contributed by atoms with E-state index in [4.69, 9.17) is 4.52 Å². The summed E-state index contributed by atoms with van der Waals surface area (Å²) in [6.07, 6.45) is 8.23. The van der Waals surface area contributed by atoms with Crippen LogP contribution in [-0.2, 0) is 6.54 Å². The maximum absolute atomic E-state index is 4.93. The summed E-state index contributed by atoms with van der Waals surface area (Å²) < 4.78 is 4.93. The molecule has 2 heterocycles. The van der Waals surface area contributed by atoms with Crippen molar-refractivity contribution in [1.29, 1.82) is 0 Å². The second-order valence-electron chi connectivity index (χ2n) is 7.83. The Balaban J connectivity index is 1.50. The van der Waals surface area contributed by atoms with E-state index in [2.05, 4.69) is 44.3 Å². The van der Waals surface area contributed by atoms with Crippen LogP contribution in [0.5, 0.6) is 0 Å². The third-order valence-corrected chi connectivity index (χ3v) is 6.07. The van der Waals surface area contributed by atoms with E-state index in [1.807, 2.05) is 13.1 Å². The third kappa shape index (κ3) is 4.57. The highest BCUT2D eigenvalue weighted by molar-refractivity contribution is 5.80. The van der Waals surface area contributed by atoms with Crippen LogP contribution in [0.1, 0.15) is 37.8 Å². The molecule has 0 radical (unpaired) electrons. The largest absolute Gasteiger partial charge is 0.364 e. The van der Waals surface area contributed by atoms with Gasteiger partial charge in [-0.3, -0.25) is 9.89 Å². The molecule has 0 unspecified atom stereocenters. The Bertz CT molecular complexity index is 557. The first-order chi connectivity index (χ1) is 12.6. The Morgan fingerprint density at radius 1 is 1.23 bits per heavy atom. The number of guanidine groups is 1. The lowest BCUT2D eigenvalue weighted by Crippen LogP contribution is -2.58. The fraction of sp³-hybridized carbons (Fsp3) is 0.789. The molecule has 0 spiro atoms. The summed E-state index contributed by atoms with van der Waals surface area (Å²) in [6, 6.07) is 1.94. The van der Waals surface area contributed by atoms with Gasteiger partial charge in [0.05, 0.1) is 5.69 Å². The molecule has 1 aromatic rings. The average Bonchev–Trinajstić information content (AvgIpc) is 3.17. The molecule has 1 aromatic heterocycles. The Labute approximate surface area is 157 Å². The molecule has 0 amide bonds. The quantitative estimate of drug-likeness (QED) is 0.635. The highest BCUT2D eigenvalue weighted by Crippen LogP contribution is 2.31. The van der Waals surface area contributed by atoms with Gasteiger partial charge < -0.3 is 19.6 Å². The minimum absolute atomic E-state index is 0.267. The first-order valence-electron chi connectivity index (χ1n) is 9.88. The molecule has 1 N–H and O–H groups in total. The number of piperazine rings is 1. The van der Waals surface area contributed by atoms with Crippen LogP contribution < -0.4 is 5.32 Å². The van der Waals surface area contributed by atoms with Gasteiger partial charge in [-0.25, -0.2) is 0 Å². The van der Waals surface area contributed by atoms with Crippen LogP contribution in [-0.4, -0.2) is 85.2 Å². The minimum atomic E-state index is 0.267. The van der Waals surface area contributed by atoms with Crippen molar-refractivity contribution in [2.24, 2.45) is 4.99 Å². The number of aliphatic imine (C=N–C) groups is 1. The van der Waals surface area contributed by atoms with Crippen molar-refractivity contribution < 1.29 is 4.52 Å². The fourth-order valence-corrected chi connectivity index (χ4v) is 4.23. The van der Waals surface area contributed by atoms with Gasteiger partial charge in [-0.2, -0.15) is 0 Å². The summed E-state index contributed by atoms with van der Waals surface area (Å²) in [5.74, 6) is 1.04. The van der Waals surface area contributed by atoms with Gasteiger partial charge in [0, 0.05) is 57.9 Å². The van der Waals surface area contributed by atoms with Crippen molar-refractivity contribution in [2.45, 2.75) is 44.2 Å². The van der Waals surface area contributed by atoms with Gasteiger partial charge in [-0.1, -0.05) is 24.4 Å². The Kier molecular flexibility index (Phi) is 6.53. The Hall–Kier alpha value is -1.60. The summed E-state index contributed by atoms with van der Waals surface area (Å²) in [5, 5.41) is 7.69. The van der Waals surface area contributed by atoms with Crippen molar-refractivity contribution in [3.63, 3.8) is 0 Å². The number of rotatable bonds is 5. The molecule has 1 saturated carbocycles. The van der Waals surface area contributed by atoms with Gasteiger partial charge in [-0.15, -0.1) is 0 Å². The Morgan fingerprint density at radius 2 is 1.96 bits per heavy atom. The molecule has 146 valence electrons. The second-order valence-corrected chi connectivity index (χ2v) is 7.83. The van der Waals surface area contributed by atoms with E-state index in [9.17, 15) is 0 Å². The molecule has 2 aliphatic rings. The standard InChI is InChI=1S/C19H34N6O/c1-20-18(21-16-19(23(2)3)8-5-4-6-9-19)25-12-10-24(11-13-25)15-17-7-14-26-22-17/h7,14H,4-6,8-13,15-16H2,1-3H3,(H,20,21). The topological polar surface area (TPSA) is 60.1 Å². The molecule has 1 aliphatic heterocycles. The zero-order valence-electron chi connectivity index (χ0n) is 16.6. The Morgan fingerprint density at radius 3 is 2.54 bits per heavy atom. The molecular weight excluding hydrogens is 328 g/mol. The number of likely N-dealkylation sites (N-methyl/N-ethyl adjacent to an activating group) is 1. The normalized spacial score (nSPS) is 22.0. The van der Waals surface area contributed by atoms with Gasteiger partial charge in [0.15, 0.2) is 5.96 Å². The summed E-state index contributed by atoms with van der Waals surface area (Å²) in [4.78, 5) is 11.8. The zero-order chi connectivity index (χ0) is 18.4. The first-order valence-corrected chi connectivity index (χ1v) is 9.88. The molecule has 1 saturated heterocycles. The highest BCUT2D eigenvalue weighted by Gasteiger charge is 2.34. The molecule has 0 atom stereocenters. The summed E-state index contributed by atoms with van der Waals surface area (Å²) >= 11 is 0. The van der Waals surface area contributed by atoms with Gasteiger partial charge in [0.25, 0.3) is 0 Å². The van der Waals surface area contributed by atoms with E-state index < -0.39 is 0 Å². The SMILES string of the molecule is CN=C(NCC1(N(C)C)CCCCC1)N1CCN(Cc2ccon2)CC1. The van der Waals surface area contributed by atoms with E-state index >= 15 is 0 Å². The van der Waals surface area contributed by atoms with Gasteiger partial charge in [0.2, 0.25) is 0 Å². The number of hydrogen-bond acceptors (Lipinski definition) is 5. The second kappa shape index (κ2) is 8.86. The monoisotopic (exact) mass is 362 g/mol. The van der Waals surface area contributed by atoms with Crippen LogP contribution in [0.2, 0.25) is 0 Å². The predicted octanol–water partition coefficient (Wildman–Crippen LogP) is 1.63. The van der Waals surface area contributed by atoms with E-state index in [1.165, 1.54) is 32.1 Å². The molecule has 7 heteroatoms. The summed E-state index contributed by atoms with van der Waals surface area (Å²) in [5.41, 5.74) is 1.27. The minimum Gasteiger partial charge on any atom is -0.364 e. The maximum Gasteiger partial charge on any atom is 0.193 e. The van der Waals surface area contributed by atoms with Crippen LogP contribution in [0, 0.1) is 0 Å². The molecule has 1 aliphatic carbocycles.